The van der Waals surface area contributed by atoms with E-state index in [9.17, 15) is 4.79 Å². The lowest BCUT2D eigenvalue weighted by molar-refractivity contribution is -0.139. The molecule has 3 aromatic rings. The molecule has 0 amide bonds. The second-order valence-corrected chi connectivity index (χ2v) is 8.42. The number of carbonyl (C=O) groups excluding carboxylic acids is 1. The number of nitrogens with one attached hydrogen (secondary N) is 2. The number of hydrogen-bond donors (Lipinski definition) is 2. The van der Waals surface area contributed by atoms with Gasteiger partial charge in [-0.1, -0.05) is 55.5 Å². The summed E-state index contributed by atoms with van der Waals surface area (Å²) in [6.45, 7) is 5.15. The highest BCUT2D eigenvalue weighted by atomic mass is 16.5. The van der Waals surface area contributed by atoms with Gasteiger partial charge in [-0.3, -0.25) is 0 Å². The van der Waals surface area contributed by atoms with Gasteiger partial charge in [-0.15, -0.1) is 10.2 Å². The Labute approximate surface area is 193 Å². The van der Waals surface area contributed by atoms with E-state index < -0.39 is 0 Å². The van der Waals surface area contributed by atoms with Crippen molar-refractivity contribution in [2.24, 2.45) is 5.92 Å². The number of aromatic nitrogens is 4. The van der Waals surface area contributed by atoms with Gasteiger partial charge in [-0.25, -0.2) is 9.80 Å². The number of esters is 1. The molecule has 8 heteroatoms. The Kier molecular flexibility index (Phi) is 5.92. The van der Waals surface area contributed by atoms with Gasteiger partial charge in [0.2, 0.25) is 5.82 Å². The fourth-order valence-corrected chi connectivity index (χ4v) is 4.53. The van der Waals surface area contributed by atoms with Crippen LogP contribution in [-0.4, -0.2) is 50.8 Å². The molecule has 1 aliphatic heterocycles. The SMILES string of the molecule is CCOC(=O)C1=C(C2CC2)NN(CC)C1Cc1ccc(-c2ccccc2-c2nn[nH]n2)cc1. The average Bonchev–Trinajstić information content (AvgIpc) is 3.41. The number of allylic oxidation sites excluding steroid dienone is 1. The number of carbonyl (C=O) groups is 1. The number of hydrogen-bond acceptors (Lipinski definition) is 7. The number of ether oxygens (including phenoxy) is 1. The first-order chi connectivity index (χ1) is 16.2. The van der Waals surface area contributed by atoms with Crippen molar-refractivity contribution in [3.05, 3.63) is 65.4 Å². The van der Waals surface area contributed by atoms with E-state index in [2.05, 4.69) is 68.3 Å². The number of nitrogens with zero attached hydrogens (tertiary/aromatic N) is 4. The molecule has 1 fully saturated rings. The highest BCUT2D eigenvalue weighted by molar-refractivity contribution is 5.91. The Hall–Kier alpha value is -3.52. The van der Waals surface area contributed by atoms with Crippen LogP contribution in [0.1, 0.15) is 32.3 Å². The van der Waals surface area contributed by atoms with Gasteiger partial charge in [-0.05, 0) is 48.1 Å². The average molecular weight is 445 g/mol. The van der Waals surface area contributed by atoms with Gasteiger partial charge in [0, 0.05) is 23.7 Å². The largest absolute Gasteiger partial charge is 0.463 e. The lowest BCUT2D eigenvalue weighted by Gasteiger charge is -2.25. The number of tetrazole rings is 1. The van der Waals surface area contributed by atoms with Crippen LogP contribution in [0.2, 0.25) is 0 Å². The quantitative estimate of drug-likeness (QED) is 0.513. The molecule has 2 N–H and O–H groups in total. The Morgan fingerprint density at radius 1 is 1.09 bits per heavy atom. The Bertz CT molecular complexity index is 1150. The first-order valence-corrected chi connectivity index (χ1v) is 11.6. The van der Waals surface area contributed by atoms with Crippen LogP contribution >= 0.6 is 0 Å². The van der Waals surface area contributed by atoms with Gasteiger partial charge >= 0.3 is 5.97 Å². The fraction of sp³-hybridized carbons (Fsp3) is 0.360. The number of rotatable bonds is 8. The zero-order valence-corrected chi connectivity index (χ0v) is 18.9. The van der Waals surface area contributed by atoms with Gasteiger partial charge in [0.05, 0.1) is 18.2 Å². The molecule has 33 heavy (non-hydrogen) atoms. The molecule has 0 saturated heterocycles. The van der Waals surface area contributed by atoms with Crippen molar-refractivity contribution in [3.8, 4) is 22.5 Å². The number of likely N-dealkylation sites (N-methyl/N-ethyl adjacent to an activating group) is 1. The summed E-state index contributed by atoms with van der Waals surface area (Å²) in [6, 6.07) is 16.5. The van der Waals surface area contributed by atoms with E-state index in [-0.39, 0.29) is 12.0 Å². The van der Waals surface area contributed by atoms with Crippen molar-refractivity contribution < 1.29 is 9.53 Å². The van der Waals surface area contributed by atoms with Crippen LogP contribution in [0, 0.1) is 5.92 Å². The molecule has 5 rings (SSSR count). The minimum atomic E-state index is -0.196. The zero-order valence-electron chi connectivity index (χ0n) is 18.9. The molecule has 1 saturated carbocycles. The van der Waals surface area contributed by atoms with Gasteiger partial charge in [0.25, 0.3) is 0 Å². The third-order valence-electron chi connectivity index (χ3n) is 6.29. The molecule has 0 spiro atoms. The van der Waals surface area contributed by atoms with E-state index in [1.54, 1.807) is 0 Å². The van der Waals surface area contributed by atoms with Crippen molar-refractivity contribution in [2.45, 2.75) is 39.2 Å². The molecule has 2 aliphatic rings. The van der Waals surface area contributed by atoms with Crippen LogP contribution < -0.4 is 5.43 Å². The monoisotopic (exact) mass is 444 g/mol. The summed E-state index contributed by atoms with van der Waals surface area (Å²) >= 11 is 0. The maximum absolute atomic E-state index is 12.9. The van der Waals surface area contributed by atoms with E-state index >= 15 is 0 Å². The second kappa shape index (κ2) is 9.15. The smallest absolute Gasteiger partial charge is 0.337 e. The summed E-state index contributed by atoms with van der Waals surface area (Å²) in [4.78, 5) is 12.9. The summed E-state index contributed by atoms with van der Waals surface area (Å²) in [7, 11) is 0. The lowest BCUT2D eigenvalue weighted by Crippen LogP contribution is -2.41. The predicted molar refractivity (Wildman–Crippen MR) is 124 cm³/mol. The van der Waals surface area contributed by atoms with Crippen LogP contribution in [0.3, 0.4) is 0 Å². The first-order valence-electron chi connectivity index (χ1n) is 11.6. The number of H-pyrrole nitrogens is 1. The third-order valence-corrected chi connectivity index (χ3v) is 6.29. The number of benzene rings is 2. The Morgan fingerprint density at radius 3 is 2.48 bits per heavy atom. The van der Waals surface area contributed by atoms with Crippen molar-refractivity contribution in [1.82, 2.24) is 31.1 Å². The van der Waals surface area contributed by atoms with Gasteiger partial charge < -0.3 is 10.2 Å². The maximum Gasteiger partial charge on any atom is 0.337 e. The molecule has 1 atom stereocenters. The summed E-state index contributed by atoms with van der Waals surface area (Å²) in [6.07, 6.45) is 2.99. The highest BCUT2D eigenvalue weighted by Crippen LogP contribution is 2.41. The Balaban J connectivity index is 1.42. The fourth-order valence-electron chi connectivity index (χ4n) is 4.53. The summed E-state index contributed by atoms with van der Waals surface area (Å²) < 4.78 is 5.44. The lowest BCUT2D eigenvalue weighted by atomic mass is 9.94. The van der Waals surface area contributed by atoms with E-state index in [0.717, 1.165) is 53.8 Å². The van der Waals surface area contributed by atoms with Crippen molar-refractivity contribution in [3.63, 3.8) is 0 Å². The summed E-state index contributed by atoms with van der Waals surface area (Å²) in [5.74, 6) is 0.827. The van der Waals surface area contributed by atoms with E-state index in [1.807, 2.05) is 25.1 Å². The molecule has 0 bridgehead atoms. The molecule has 1 aromatic heterocycles. The molecule has 2 aromatic carbocycles. The maximum atomic E-state index is 12.9. The van der Waals surface area contributed by atoms with E-state index in [4.69, 9.17) is 4.74 Å². The van der Waals surface area contributed by atoms with Crippen LogP contribution in [0.5, 0.6) is 0 Å². The summed E-state index contributed by atoms with van der Waals surface area (Å²) in [5.41, 5.74) is 9.59. The van der Waals surface area contributed by atoms with Crippen molar-refractivity contribution >= 4 is 5.97 Å². The minimum absolute atomic E-state index is 0.0397. The van der Waals surface area contributed by atoms with Crippen LogP contribution in [-0.2, 0) is 16.0 Å². The van der Waals surface area contributed by atoms with Crippen molar-refractivity contribution in [1.29, 1.82) is 0 Å². The second-order valence-electron chi connectivity index (χ2n) is 8.42. The highest BCUT2D eigenvalue weighted by Gasteiger charge is 2.42. The van der Waals surface area contributed by atoms with Crippen LogP contribution in [0.4, 0.5) is 0 Å². The van der Waals surface area contributed by atoms with Crippen LogP contribution in [0.15, 0.2) is 59.8 Å². The molecule has 2 heterocycles. The van der Waals surface area contributed by atoms with Gasteiger partial charge in [-0.2, -0.15) is 5.21 Å². The third kappa shape index (κ3) is 4.26. The van der Waals surface area contributed by atoms with E-state index in [0.29, 0.717) is 18.3 Å². The topological polar surface area (TPSA) is 96.0 Å². The molecule has 0 radical (unpaired) electrons. The van der Waals surface area contributed by atoms with Crippen LogP contribution in [0.25, 0.3) is 22.5 Å². The first kappa shape index (κ1) is 21.3. The molecular formula is C25H28N6O2. The number of aromatic amines is 1. The predicted octanol–water partition coefficient (Wildman–Crippen LogP) is 3.51. The zero-order chi connectivity index (χ0) is 22.8. The van der Waals surface area contributed by atoms with E-state index in [1.165, 1.54) is 5.56 Å². The Morgan fingerprint density at radius 2 is 1.85 bits per heavy atom. The van der Waals surface area contributed by atoms with Gasteiger partial charge in [0.1, 0.15) is 0 Å². The summed E-state index contributed by atoms with van der Waals surface area (Å²) in [5, 5.41) is 16.6. The molecule has 8 nitrogen and oxygen atoms in total. The molecule has 1 aliphatic carbocycles. The van der Waals surface area contributed by atoms with Gasteiger partial charge in [0.15, 0.2) is 0 Å². The normalized spacial score (nSPS) is 18.4. The standard InChI is InChI=1S/C25H28N6O2/c1-3-31-21(22(25(32)33-4-2)23(28-31)18-13-14-18)15-16-9-11-17(12-10-16)19-7-5-6-8-20(19)24-26-29-30-27-24/h5-12,18,21,28H,3-4,13-15H2,1-2H3,(H,26,27,29,30). The van der Waals surface area contributed by atoms with Crippen molar-refractivity contribution in [2.75, 3.05) is 13.2 Å². The molecule has 1 unspecified atom stereocenters. The molecular weight excluding hydrogens is 416 g/mol. The number of hydrazine groups is 1. The minimum Gasteiger partial charge on any atom is -0.463 e. The molecule has 170 valence electrons.